The Kier molecular flexibility index (Phi) is 5.54. The van der Waals surface area contributed by atoms with Gasteiger partial charge in [-0.25, -0.2) is 0 Å². The van der Waals surface area contributed by atoms with E-state index in [9.17, 15) is 0 Å². The van der Waals surface area contributed by atoms with Gasteiger partial charge in [-0.1, -0.05) is 34.4 Å². The van der Waals surface area contributed by atoms with Gasteiger partial charge in [-0.3, -0.25) is 0 Å². The summed E-state index contributed by atoms with van der Waals surface area (Å²) in [6, 6.07) is 0. The summed E-state index contributed by atoms with van der Waals surface area (Å²) >= 11 is 0. The first-order valence-corrected chi connectivity index (χ1v) is 6.23. The van der Waals surface area contributed by atoms with Gasteiger partial charge in [0.15, 0.2) is 0 Å². The minimum Gasteiger partial charge on any atom is -0.392 e. The Morgan fingerprint density at radius 2 is 2.12 bits per heavy atom. The van der Waals surface area contributed by atoms with Crippen LogP contribution in [0.15, 0.2) is 34.4 Å². The molecule has 90 valence electrons. The summed E-state index contributed by atoms with van der Waals surface area (Å²) in [5.74, 6) is 0. The Bertz CT molecular complexity index is 318. The van der Waals surface area contributed by atoms with E-state index in [1.807, 2.05) is 6.92 Å². The van der Waals surface area contributed by atoms with Crippen molar-refractivity contribution in [2.75, 3.05) is 6.61 Å². The van der Waals surface area contributed by atoms with E-state index in [0.29, 0.717) is 0 Å². The number of aliphatic hydroxyl groups is 1. The highest BCUT2D eigenvalue weighted by Gasteiger charge is 2.07. The molecule has 1 N–H and O–H groups in total. The zero-order valence-corrected chi connectivity index (χ0v) is 10.8. The second kappa shape index (κ2) is 6.70. The van der Waals surface area contributed by atoms with Crippen molar-refractivity contribution in [3.63, 3.8) is 0 Å². The SMILES string of the molecule is CC(=CCCC(C)=C1CC=C(C)CC1)CO. The number of allylic oxidation sites excluding steroid dienone is 5. The first-order chi connectivity index (χ1) is 7.63. The highest BCUT2D eigenvalue weighted by Crippen LogP contribution is 2.26. The highest BCUT2D eigenvalue weighted by atomic mass is 16.3. The van der Waals surface area contributed by atoms with Crippen LogP contribution in [0, 0.1) is 0 Å². The molecule has 1 heteroatoms. The van der Waals surface area contributed by atoms with E-state index in [-0.39, 0.29) is 6.61 Å². The second-order valence-electron chi connectivity index (χ2n) is 4.89. The fraction of sp³-hybridized carbons (Fsp3) is 0.600. The van der Waals surface area contributed by atoms with Crippen LogP contribution >= 0.6 is 0 Å². The minimum atomic E-state index is 0.192. The molecule has 1 rings (SSSR count). The summed E-state index contributed by atoms with van der Waals surface area (Å²) in [6.45, 7) is 6.65. The van der Waals surface area contributed by atoms with Gasteiger partial charge >= 0.3 is 0 Å². The van der Waals surface area contributed by atoms with Gasteiger partial charge in [-0.05, 0) is 52.9 Å². The number of hydrogen-bond donors (Lipinski definition) is 1. The predicted octanol–water partition coefficient (Wildman–Crippen LogP) is 4.15. The van der Waals surface area contributed by atoms with E-state index in [0.717, 1.165) is 24.8 Å². The van der Waals surface area contributed by atoms with Crippen LogP contribution in [-0.4, -0.2) is 11.7 Å². The van der Waals surface area contributed by atoms with Crippen LogP contribution < -0.4 is 0 Å². The first kappa shape index (κ1) is 13.2. The van der Waals surface area contributed by atoms with Crippen molar-refractivity contribution in [1.29, 1.82) is 0 Å². The molecule has 0 radical (unpaired) electrons. The van der Waals surface area contributed by atoms with Crippen LogP contribution in [0.5, 0.6) is 0 Å². The molecule has 1 nitrogen and oxygen atoms in total. The van der Waals surface area contributed by atoms with Gasteiger partial charge in [0.1, 0.15) is 0 Å². The molecule has 1 aliphatic rings. The summed E-state index contributed by atoms with van der Waals surface area (Å²) in [7, 11) is 0. The summed E-state index contributed by atoms with van der Waals surface area (Å²) in [4.78, 5) is 0. The van der Waals surface area contributed by atoms with Crippen molar-refractivity contribution >= 4 is 0 Å². The molecule has 0 atom stereocenters. The molecule has 1 aliphatic carbocycles. The normalized spacial score (nSPS) is 20.8. The lowest BCUT2D eigenvalue weighted by atomic mass is 9.91. The van der Waals surface area contributed by atoms with Gasteiger partial charge in [0.2, 0.25) is 0 Å². The van der Waals surface area contributed by atoms with Crippen molar-refractivity contribution in [3.05, 3.63) is 34.4 Å². The Morgan fingerprint density at radius 1 is 1.38 bits per heavy atom. The Labute approximate surface area is 99.6 Å². The molecule has 0 aromatic carbocycles. The van der Waals surface area contributed by atoms with Crippen molar-refractivity contribution in [2.24, 2.45) is 0 Å². The zero-order valence-electron chi connectivity index (χ0n) is 10.8. The van der Waals surface area contributed by atoms with Crippen LogP contribution in [0.4, 0.5) is 0 Å². The summed E-state index contributed by atoms with van der Waals surface area (Å²) in [5, 5.41) is 8.89. The first-order valence-electron chi connectivity index (χ1n) is 6.23. The molecule has 0 saturated heterocycles. The summed E-state index contributed by atoms with van der Waals surface area (Å²) in [5.41, 5.74) is 5.79. The van der Waals surface area contributed by atoms with E-state index >= 15 is 0 Å². The third kappa shape index (κ3) is 4.36. The summed E-state index contributed by atoms with van der Waals surface area (Å²) in [6.07, 6.45) is 10.3. The molecule has 0 spiro atoms. The maximum atomic E-state index is 8.89. The maximum absolute atomic E-state index is 8.89. The molecule has 0 fully saturated rings. The number of hydrogen-bond acceptors (Lipinski definition) is 1. The van der Waals surface area contributed by atoms with Crippen LogP contribution in [0.1, 0.15) is 52.9 Å². The molecule has 0 saturated carbocycles. The van der Waals surface area contributed by atoms with Gasteiger partial charge in [0, 0.05) is 0 Å². The standard InChI is InChI=1S/C15H24O/c1-12-7-9-15(10-8-12)14(3)6-4-5-13(2)11-16/h5,7,16H,4,6,8-11H2,1-3H3. The molecule has 16 heavy (non-hydrogen) atoms. The molecule has 0 heterocycles. The lowest BCUT2D eigenvalue weighted by Gasteiger charge is -2.16. The van der Waals surface area contributed by atoms with Gasteiger partial charge in [0.05, 0.1) is 6.61 Å². The quantitative estimate of drug-likeness (QED) is 0.706. The second-order valence-corrected chi connectivity index (χ2v) is 4.89. The van der Waals surface area contributed by atoms with Gasteiger partial charge in [0.25, 0.3) is 0 Å². The number of aliphatic hydroxyl groups excluding tert-OH is 1. The largest absolute Gasteiger partial charge is 0.392 e. The molecular weight excluding hydrogens is 196 g/mol. The van der Waals surface area contributed by atoms with Gasteiger partial charge < -0.3 is 5.11 Å². The minimum absolute atomic E-state index is 0.192. The number of rotatable bonds is 4. The van der Waals surface area contributed by atoms with Crippen molar-refractivity contribution in [3.8, 4) is 0 Å². The molecule has 0 amide bonds. The smallest absolute Gasteiger partial charge is 0.0639 e. The summed E-state index contributed by atoms with van der Waals surface area (Å²) < 4.78 is 0. The van der Waals surface area contributed by atoms with E-state index < -0.39 is 0 Å². The molecule has 0 aromatic rings. The zero-order chi connectivity index (χ0) is 12.0. The van der Waals surface area contributed by atoms with Crippen molar-refractivity contribution < 1.29 is 5.11 Å². The fourth-order valence-corrected chi connectivity index (χ4v) is 2.01. The lowest BCUT2D eigenvalue weighted by molar-refractivity contribution is 0.331. The third-order valence-electron chi connectivity index (χ3n) is 3.38. The fourth-order valence-electron chi connectivity index (χ4n) is 2.01. The van der Waals surface area contributed by atoms with Crippen LogP contribution in [0.25, 0.3) is 0 Å². The topological polar surface area (TPSA) is 20.2 Å². The van der Waals surface area contributed by atoms with E-state index in [1.54, 1.807) is 11.1 Å². The average Bonchev–Trinajstić information content (AvgIpc) is 2.29. The van der Waals surface area contributed by atoms with Gasteiger partial charge in [-0.2, -0.15) is 0 Å². The predicted molar refractivity (Wildman–Crippen MR) is 70.4 cm³/mol. The Hall–Kier alpha value is -0.820. The van der Waals surface area contributed by atoms with E-state index in [4.69, 9.17) is 5.11 Å². The van der Waals surface area contributed by atoms with Gasteiger partial charge in [-0.15, -0.1) is 0 Å². The lowest BCUT2D eigenvalue weighted by Crippen LogP contribution is -1.96. The van der Waals surface area contributed by atoms with Crippen LogP contribution in [-0.2, 0) is 0 Å². The molecule has 0 bridgehead atoms. The van der Waals surface area contributed by atoms with Crippen LogP contribution in [0.2, 0.25) is 0 Å². The van der Waals surface area contributed by atoms with Crippen molar-refractivity contribution in [1.82, 2.24) is 0 Å². The Balaban J connectivity index is 2.45. The van der Waals surface area contributed by atoms with E-state index in [2.05, 4.69) is 26.0 Å². The monoisotopic (exact) mass is 220 g/mol. The molecule has 0 aliphatic heterocycles. The van der Waals surface area contributed by atoms with Crippen LogP contribution in [0.3, 0.4) is 0 Å². The maximum Gasteiger partial charge on any atom is 0.0639 e. The molecule has 0 aromatic heterocycles. The highest BCUT2D eigenvalue weighted by molar-refractivity contribution is 5.22. The average molecular weight is 220 g/mol. The molecular formula is C15H24O. The van der Waals surface area contributed by atoms with Crippen molar-refractivity contribution in [2.45, 2.75) is 52.9 Å². The third-order valence-corrected chi connectivity index (χ3v) is 3.38. The Morgan fingerprint density at radius 3 is 2.69 bits per heavy atom. The molecule has 0 unspecified atom stereocenters. The van der Waals surface area contributed by atoms with E-state index in [1.165, 1.54) is 18.4 Å².